The van der Waals surface area contributed by atoms with Gasteiger partial charge in [-0.05, 0) is 62.9 Å². The van der Waals surface area contributed by atoms with Crippen molar-refractivity contribution in [3.63, 3.8) is 0 Å². The summed E-state index contributed by atoms with van der Waals surface area (Å²) >= 11 is 0. The van der Waals surface area contributed by atoms with E-state index in [1.54, 1.807) is 43.2 Å². The number of rotatable bonds is 14. The van der Waals surface area contributed by atoms with E-state index >= 15 is 0 Å². The molecule has 1 saturated carbocycles. The number of benzene rings is 2. The normalized spacial score (nSPS) is 14.5. The van der Waals surface area contributed by atoms with Crippen LogP contribution in [0.3, 0.4) is 0 Å². The zero-order chi connectivity index (χ0) is 28.4. The van der Waals surface area contributed by atoms with E-state index in [4.69, 9.17) is 9.47 Å². The molecule has 0 heterocycles. The van der Waals surface area contributed by atoms with Crippen molar-refractivity contribution in [1.82, 2.24) is 10.2 Å². The van der Waals surface area contributed by atoms with Crippen molar-refractivity contribution in [2.75, 3.05) is 30.8 Å². The number of hydrogen-bond acceptors (Lipinski definition) is 6. The van der Waals surface area contributed by atoms with Crippen LogP contribution >= 0.6 is 0 Å². The van der Waals surface area contributed by atoms with Crippen LogP contribution in [-0.2, 0) is 26.2 Å². The lowest BCUT2D eigenvalue weighted by Gasteiger charge is -2.30. The van der Waals surface area contributed by atoms with Gasteiger partial charge in [0, 0.05) is 25.6 Å². The van der Waals surface area contributed by atoms with E-state index in [1.165, 1.54) is 4.31 Å². The van der Waals surface area contributed by atoms with Crippen LogP contribution in [0.2, 0.25) is 0 Å². The highest BCUT2D eigenvalue weighted by atomic mass is 32.2. The lowest BCUT2D eigenvalue weighted by Crippen LogP contribution is -2.49. The molecule has 1 atom stereocenters. The lowest BCUT2D eigenvalue weighted by atomic mass is 10.1. The molecule has 9 nitrogen and oxygen atoms in total. The van der Waals surface area contributed by atoms with Crippen LogP contribution in [0.15, 0.2) is 48.5 Å². The average molecular weight is 560 g/mol. The van der Waals surface area contributed by atoms with Crippen molar-refractivity contribution in [3.8, 4) is 11.5 Å². The fourth-order valence-corrected chi connectivity index (χ4v) is 5.79. The van der Waals surface area contributed by atoms with Gasteiger partial charge in [-0.3, -0.25) is 13.9 Å². The average Bonchev–Trinajstić information content (AvgIpc) is 3.42. The SMILES string of the molecule is CCOc1ccccc1N(CCCC(=O)N(Cc1ccc(OC)cc1)[C@@H](C)C(=O)NC1CCCC1)S(C)(=O)=O. The van der Waals surface area contributed by atoms with Gasteiger partial charge >= 0.3 is 0 Å². The minimum absolute atomic E-state index is 0.0834. The summed E-state index contributed by atoms with van der Waals surface area (Å²) in [5.41, 5.74) is 1.31. The summed E-state index contributed by atoms with van der Waals surface area (Å²) in [4.78, 5) is 28.2. The zero-order valence-electron chi connectivity index (χ0n) is 23.4. The van der Waals surface area contributed by atoms with Gasteiger partial charge in [0.2, 0.25) is 21.8 Å². The Labute approximate surface area is 232 Å². The van der Waals surface area contributed by atoms with E-state index < -0.39 is 16.1 Å². The molecule has 2 amide bonds. The number of methoxy groups -OCH3 is 1. The van der Waals surface area contributed by atoms with Gasteiger partial charge in [0.15, 0.2) is 0 Å². The van der Waals surface area contributed by atoms with Gasteiger partial charge < -0.3 is 19.7 Å². The number of amides is 2. The first kappa shape index (κ1) is 30.3. The maximum atomic E-state index is 13.5. The van der Waals surface area contributed by atoms with Crippen molar-refractivity contribution in [2.45, 2.75) is 71.0 Å². The van der Waals surface area contributed by atoms with E-state index in [-0.39, 0.29) is 43.8 Å². The quantitative estimate of drug-likeness (QED) is 0.373. The number of anilines is 1. The Morgan fingerprint density at radius 3 is 2.36 bits per heavy atom. The first-order chi connectivity index (χ1) is 18.6. The third kappa shape index (κ3) is 8.61. The van der Waals surface area contributed by atoms with Crippen LogP contribution in [0, 0.1) is 0 Å². The van der Waals surface area contributed by atoms with Crippen LogP contribution < -0.4 is 19.1 Å². The summed E-state index contributed by atoms with van der Waals surface area (Å²) < 4.78 is 37.5. The van der Waals surface area contributed by atoms with Gasteiger partial charge in [0.1, 0.15) is 17.5 Å². The van der Waals surface area contributed by atoms with Crippen molar-refractivity contribution in [3.05, 3.63) is 54.1 Å². The molecule has 39 heavy (non-hydrogen) atoms. The number of hydrogen-bond donors (Lipinski definition) is 1. The van der Waals surface area contributed by atoms with Crippen LogP contribution in [0.4, 0.5) is 5.69 Å². The van der Waals surface area contributed by atoms with Gasteiger partial charge in [-0.25, -0.2) is 8.42 Å². The Kier molecular flexibility index (Phi) is 11.0. The van der Waals surface area contributed by atoms with E-state index in [1.807, 2.05) is 31.2 Å². The number of carbonyl (C=O) groups is 2. The van der Waals surface area contributed by atoms with Crippen LogP contribution in [0.25, 0.3) is 0 Å². The van der Waals surface area contributed by atoms with Crippen LogP contribution in [0.1, 0.15) is 57.9 Å². The minimum atomic E-state index is -3.62. The van der Waals surface area contributed by atoms with Crippen molar-refractivity contribution in [2.24, 2.45) is 0 Å². The van der Waals surface area contributed by atoms with Crippen LogP contribution in [-0.4, -0.2) is 63.7 Å². The van der Waals surface area contributed by atoms with Crippen molar-refractivity contribution >= 4 is 27.5 Å². The van der Waals surface area contributed by atoms with Gasteiger partial charge in [-0.15, -0.1) is 0 Å². The van der Waals surface area contributed by atoms with Gasteiger partial charge in [-0.2, -0.15) is 0 Å². The highest BCUT2D eigenvalue weighted by molar-refractivity contribution is 7.92. The summed E-state index contributed by atoms with van der Waals surface area (Å²) in [6, 6.07) is 13.8. The maximum absolute atomic E-state index is 13.5. The van der Waals surface area contributed by atoms with Gasteiger partial charge in [0.25, 0.3) is 0 Å². The number of nitrogens with zero attached hydrogens (tertiary/aromatic N) is 2. The molecule has 1 fully saturated rings. The summed E-state index contributed by atoms with van der Waals surface area (Å²) in [5, 5.41) is 3.10. The van der Waals surface area contributed by atoms with Crippen molar-refractivity contribution < 1.29 is 27.5 Å². The number of carbonyl (C=O) groups excluding carboxylic acids is 2. The molecule has 1 aliphatic carbocycles. The smallest absolute Gasteiger partial charge is 0.242 e. The molecule has 3 rings (SSSR count). The third-order valence-electron chi connectivity index (χ3n) is 6.97. The molecule has 2 aromatic carbocycles. The van der Waals surface area contributed by atoms with E-state index in [2.05, 4.69) is 5.32 Å². The Hall–Kier alpha value is -3.27. The summed E-state index contributed by atoms with van der Waals surface area (Å²) in [7, 11) is -2.03. The Morgan fingerprint density at radius 1 is 1.08 bits per heavy atom. The topological polar surface area (TPSA) is 105 Å². The highest BCUT2D eigenvalue weighted by Crippen LogP contribution is 2.30. The van der Waals surface area contributed by atoms with Gasteiger partial charge in [0.05, 0.1) is 25.7 Å². The van der Waals surface area contributed by atoms with Crippen molar-refractivity contribution in [1.29, 1.82) is 0 Å². The molecule has 0 unspecified atom stereocenters. The number of para-hydroxylation sites is 2. The molecule has 1 N–H and O–H groups in total. The van der Waals surface area contributed by atoms with Crippen LogP contribution in [0.5, 0.6) is 11.5 Å². The summed E-state index contributed by atoms with van der Waals surface area (Å²) in [6.45, 7) is 4.33. The Bertz CT molecular complexity index is 1200. The first-order valence-electron chi connectivity index (χ1n) is 13.6. The monoisotopic (exact) mass is 559 g/mol. The first-order valence-corrected chi connectivity index (χ1v) is 15.4. The van der Waals surface area contributed by atoms with E-state index in [0.29, 0.717) is 23.8 Å². The second-order valence-corrected chi connectivity index (χ2v) is 11.8. The second kappa shape index (κ2) is 14.2. The molecule has 0 spiro atoms. The lowest BCUT2D eigenvalue weighted by molar-refractivity contribution is -0.141. The molecule has 1 aliphatic rings. The highest BCUT2D eigenvalue weighted by Gasteiger charge is 2.29. The molecular formula is C29H41N3O6S. The zero-order valence-corrected chi connectivity index (χ0v) is 24.2. The maximum Gasteiger partial charge on any atom is 0.242 e. The second-order valence-electron chi connectivity index (χ2n) is 9.88. The molecule has 10 heteroatoms. The van der Waals surface area contributed by atoms with E-state index in [9.17, 15) is 18.0 Å². The molecule has 2 aromatic rings. The fraction of sp³-hybridized carbons (Fsp3) is 0.517. The molecule has 0 radical (unpaired) electrons. The third-order valence-corrected chi connectivity index (χ3v) is 8.15. The molecule has 0 aromatic heterocycles. The number of nitrogens with one attached hydrogen (secondary N) is 1. The predicted octanol–water partition coefficient (Wildman–Crippen LogP) is 4.12. The Balaban J connectivity index is 1.74. The minimum Gasteiger partial charge on any atom is -0.497 e. The molecule has 214 valence electrons. The van der Waals surface area contributed by atoms with E-state index in [0.717, 1.165) is 37.5 Å². The standard InChI is InChI=1S/C29H41N3O6S/c1-5-38-27-14-9-8-13-26(27)32(39(4,35)36)20-10-15-28(33)31(21-23-16-18-25(37-3)19-17-23)22(2)29(34)30-24-11-6-7-12-24/h8-9,13-14,16-19,22,24H,5-7,10-12,15,20-21H2,1-4H3,(H,30,34)/t22-/m0/s1. The molecule has 0 aliphatic heterocycles. The predicted molar refractivity (Wildman–Crippen MR) is 152 cm³/mol. The van der Waals surface area contributed by atoms with Gasteiger partial charge in [-0.1, -0.05) is 37.1 Å². The molecular weight excluding hydrogens is 518 g/mol. The molecule has 0 saturated heterocycles. The Morgan fingerprint density at radius 2 is 1.74 bits per heavy atom. The number of sulfonamides is 1. The number of ether oxygens (including phenoxy) is 2. The fourth-order valence-electron chi connectivity index (χ4n) is 4.83. The largest absolute Gasteiger partial charge is 0.497 e. The molecule has 0 bridgehead atoms. The summed E-state index contributed by atoms with van der Waals surface area (Å²) in [5.74, 6) is 0.783. The summed E-state index contributed by atoms with van der Waals surface area (Å²) in [6.07, 6.45) is 5.60.